The minimum Gasteiger partial charge on any atom is -0.447 e. The molecule has 0 atom stereocenters. The molecule has 1 rings (SSSR count). The van der Waals surface area contributed by atoms with Crippen LogP contribution in [0.1, 0.15) is 6.92 Å². The van der Waals surface area contributed by atoms with Crippen LogP contribution in [0.3, 0.4) is 0 Å². The van der Waals surface area contributed by atoms with Crippen molar-refractivity contribution < 1.29 is 19.1 Å². The lowest BCUT2D eigenvalue weighted by Crippen LogP contribution is -2.16. The standard InChI is InChI=1S/C12H16N2O4/c1-9(15)13-10-4-3-5-11(8-10)14-12(16)18-7-6-17-2/h3-5,8H,6-7H2,1-2H3,(H,13,15)(H,14,16). The zero-order valence-corrected chi connectivity index (χ0v) is 10.4. The molecule has 0 aliphatic carbocycles. The third-order valence-corrected chi connectivity index (χ3v) is 1.95. The molecular formula is C12H16N2O4. The van der Waals surface area contributed by atoms with E-state index in [1.54, 1.807) is 24.3 Å². The molecule has 0 bridgehead atoms. The van der Waals surface area contributed by atoms with E-state index in [2.05, 4.69) is 10.6 Å². The van der Waals surface area contributed by atoms with Crippen LogP contribution in [0.15, 0.2) is 24.3 Å². The number of carbonyl (C=O) groups excluding carboxylic acids is 2. The van der Waals surface area contributed by atoms with E-state index in [1.807, 2.05) is 0 Å². The van der Waals surface area contributed by atoms with Crippen molar-refractivity contribution in [3.05, 3.63) is 24.3 Å². The lowest BCUT2D eigenvalue weighted by Gasteiger charge is -2.08. The van der Waals surface area contributed by atoms with Gasteiger partial charge in [0.05, 0.1) is 6.61 Å². The summed E-state index contributed by atoms with van der Waals surface area (Å²) in [4.78, 5) is 22.2. The molecule has 0 radical (unpaired) electrons. The molecule has 2 N–H and O–H groups in total. The van der Waals surface area contributed by atoms with E-state index in [1.165, 1.54) is 14.0 Å². The number of nitrogens with one attached hydrogen (secondary N) is 2. The number of ether oxygens (including phenoxy) is 2. The fourth-order valence-corrected chi connectivity index (χ4v) is 1.25. The zero-order valence-electron chi connectivity index (χ0n) is 10.4. The van der Waals surface area contributed by atoms with Crippen molar-refractivity contribution >= 4 is 23.4 Å². The molecule has 1 aromatic carbocycles. The van der Waals surface area contributed by atoms with Crippen molar-refractivity contribution in [1.82, 2.24) is 0 Å². The number of amides is 2. The Bertz CT molecular complexity index is 420. The van der Waals surface area contributed by atoms with Gasteiger partial charge in [-0.3, -0.25) is 10.1 Å². The minimum atomic E-state index is -0.563. The zero-order chi connectivity index (χ0) is 13.4. The Balaban J connectivity index is 2.51. The number of benzene rings is 1. The molecule has 6 nitrogen and oxygen atoms in total. The SMILES string of the molecule is COCCOC(=O)Nc1cccc(NC(C)=O)c1. The second-order valence-electron chi connectivity index (χ2n) is 3.52. The highest BCUT2D eigenvalue weighted by atomic mass is 16.6. The summed E-state index contributed by atoms with van der Waals surface area (Å²) in [6.45, 7) is 1.95. The van der Waals surface area contributed by atoms with Crippen LogP contribution in [0.4, 0.5) is 16.2 Å². The Hall–Kier alpha value is -2.08. The van der Waals surface area contributed by atoms with Crippen LogP contribution in [0, 0.1) is 0 Å². The molecule has 0 saturated heterocycles. The van der Waals surface area contributed by atoms with Gasteiger partial charge in [-0.15, -0.1) is 0 Å². The van der Waals surface area contributed by atoms with Crippen LogP contribution in [0.2, 0.25) is 0 Å². The predicted octanol–water partition coefficient (Wildman–Crippen LogP) is 1.84. The van der Waals surface area contributed by atoms with Gasteiger partial charge in [0.15, 0.2) is 0 Å². The molecule has 1 aromatic rings. The van der Waals surface area contributed by atoms with Crippen LogP contribution in [-0.2, 0) is 14.3 Å². The minimum absolute atomic E-state index is 0.171. The molecular weight excluding hydrogens is 236 g/mol. The van der Waals surface area contributed by atoms with Gasteiger partial charge < -0.3 is 14.8 Å². The molecule has 18 heavy (non-hydrogen) atoms. The first-order valence-corrected chi connectivity index (χ1v) is 5.42. The molecule has 0 heterocycles. The fraction of sp³-hybridized carbons (Fsp3) is 0.333. The Morgan fingerprint density at radius 3 is 2.44 bits per heavy atom. The van der Waals surface area contributed by atoms with Gasteiger partial charge >= 0.3 is 6.09 Å². The first kappa shape index (κ1) is 14.0. The van der Waals surface area contributed by atoms with Gasteiger partial charge in [0.1, 0.15) is 6.61 Å². The van der Waals surface area contributed by atoms with E-state index in [4.69, 9.17) is 9.47 Å². The monoisotopic (exact) mass is 252 g/mol. The second-order valence-corrected chi connectivity index (χ2v) is 3.52. The Morgan fingerprint density at radius 2 is 1.83 bits per heavy atom. The quantitative estimate of drug-likeness (QED) is 0.784. The number of rotatable bonds is 5. The molecule has 0 aliphatic rings. The summed E-state index contributed by atoms with van der Waals surface area (Å²) in [6.07, 6.45) is -0.563. The van der Waals surface area contributed by atoms with E-state index in [0.29, 0.717) is 18.0 Å². The van der Waals surface area contributed by atoms with E-state index in [9.17, 15) is 9.59 Å². The summed E-state index contributed by atoms with van der Waals surface area (Å²) < 4.78 is 9.60. The highest BCUT2D eigenvalue weighted by molar-refractivity contribution is 5.90. The van der Waals surface area contributed by atoms with Gasteiger partial charge in [-0.05, 0) is 18.2 Å². The topological polar surface area (TPSA) is 76.7 Å². The largest absolute Gasteiger partial charge is 0.447 e. The van der Waals surface area contributed by atoms with Crippen molar-refractivity contribution in [2.45, 2.75) is 6.92 Å². The normalized spacial score (nSPS) is 9.67. The number of hydrogen-bond donors (Lipinski definition) is 2. The first-order chi connectivity index (χ1) is 8.61. The highest BCUT2D eigenvalue weighted by Gasteiger charge is 2.03. The van der Waals surface area contributed by atoms with Crippen LogP contribution in [0.5, 0.6) is 0 Å². The van der Waals surface area contributed by atoms with Crippen molar-refractivity contribution in [2.75, 3.05) is 31.0 Å². The number of carbonyl (C=O) groups is 2. The predicted molar refractivity (Wildman–Crippen MR) is 67.6 cm³/mol. The number of anilines is 2. The van der Waals surface area contributed by atoms with Crippen LogP contribution in [-0.4, -0.2) is 32.3 Å². The maximum Gasteiger partial charge on any atom is 0.411 e. The molecule has 6 heteroatoms. The molecule has 0 aliphatic heterocycles. The van der Waals surface area contributed by atoms with E-state index in [-0.39, 0.29) is 12.5 Å². The summed E-state index contributed by atoms with van der Waals surface area (Å²) >= 11 is 0. The molecule has 0 spiro atoms. The van der Waals surface area contributed by atoms with Gasteiger partial charge in [0.2, 0.25) is 5.91 Å². The Kier molecular flexibility index (Phi) is 5.66. The lowest BCUT2D eigenvalue weighted by molar-refractivity contribution is -0.114. The van der Waals surface area contributed by atoms with E-state index in [0.717, 1.165) is 0 Å². The molecule has 0 saturated carbocycles. The maximum absolute atomic E-state index is 11.3. The van der Waals surface area contributed by atoms with Gasteiger partial charge in [-0.25, -0.2) is 4.79 Å². The highest BCUT2D eigenvalue weighted by Crippen LogP contribution is 2.15. The van der Waals surface area contributed by atoms with Gasteiger partial charge in [0, 0.05) is 25.4 Å². The van der Waals surface area contributed by atoms with Crippen LogP contribution < -0.4 is 10.6 Å². The Morgan fingerprint density at radius 1 is 1.17 bits per heavy atom. The maximum atomic E-state index is 11.3. The Labute approximate surface area is 105 Å². The van der Waals surface area contributed by atoms with Gasteiger partial charge in [0.25, 0.3) is 0 Å². The van der Waals surface area contributed by atoms with E-state index >= 15 is 0 Å². The lowest BCUT2D eigenvalue weighted by atomic mass is 10.3. The molecule has 0 unspecified atom stereocenters. The summed E-state index contributed by atoms with van der Waals surface area (Å²) in [5.41, 5.74) is 1.15. The van der Waals surface area contributed by atoms with Crippen LogP contribution in [0.25, 0.3) is 0 Å². The smallest absolute Gasteiger partial charge is 0.411 e. The van der Waals surface area contributed by atoms with Gasteiger partial charge in [-0.2, -0.15) is 0 Å². The third kappa shape index (κ3) is 5.31. The average Bonchev–Trinajstić information content (AvgIpc) is 2.28. The van der Waals surface area contributed by atoms with Crippen molar-refractivity contribution in [1.29, 1.82) is 0 Å². The average molecular weight is 252 g/mol. The van der Waals surface area contributed by atoms with Crippen molar-refractivity contribution in [2.24, 2.45) is 0 Å². The number of hydrogen-bond acceptors (Lipinski definition) is 4. The molecule has 0 fully saturated rings. The molecule has 0 aromatic heterocycles. The van der Waals surface area contributed by atoms with Gasteiger partial charge in [-0.1, -0.05) is 6.07 Å². The van der Waals surface area contributed by atoms with Crippen molar-refractivity contribution in [3.63, 3.8) is 0 Å². The van der Waals surface area contributed by atoms with E-state index < -0.39 is 6.09 Å². The summed E-state index contributed by atoms with van der Waals surface area (Å²) in [6, 6.07) is 6.78. The molecule has 2 amide bonds. The van der Waals surface area contributed by atoms with Crippen LogP contribution >= 0.6 is 0 Å². The van der Waals surface area contributed by atoms with Crippen molar-refractivity contribution in [3.8, 4) is 0 Å². The molecule has 98 valence electrons. The number of methoxy groups -OCH3 is 1. The summed E-state index contributed by atoms with van der Waals surface area (Å²) in [5, 5.41) is 5.17. The fourth-order valence-electron chi connectivity index (χ4n) is 1.25. The first-order valence-electron chi connectivity index (χ1n) is 5.42. The summed E-state index contributed by atoms with van der Waals surface area (Å²) in [7, 11) is 1.53. The second kappa shape index (κ2) is 7.29. The third-order valence-electron chi connectivity index (χ3n) is 1.95. The summed E-state index contributed by atoms with van der Waals surface area (Å²) in [5.74, 6) is -0.171.